The fourth-order valence-corrected chi connectivity index (χ4v) is 3.45. The number of hydrogen-bond acceptors (Lipinski definition) is 3. The van der Waals surface area contributed by atoms with Crippen molar-refractivity contribution in [2.45, 2.75) is 33.4 Å². The highest BCUT2D eigenvalue weighted by molar-refractivity contribution is 6.31. The lowest BCUT2D eigenvalue weighted by molar-refractivity contribution is -0.136. The van der Waals surface area contributed by atoms with Crippen molar-refractivity contribution in [2.75, 3.05) is 26.2 Å². The molecule has 0 saturated carbocycles. The molecule has 25 heavy (non-hydrogen) atoms. The minimum absolute atomic E-state index is 0.110. The normalized spacial score (nSPS) is 16.9. The molecule has 1 aliphatic heterocycles. The molecule has 0 bridgehead atoms. The van der Waals surface area contributed by atoms with E-state index in [1.807, 2.05) is 18.7 Å². The number of carbonyl (C=O) groups excluding carboxylic acids is 1. The Labute approximate surface area is 154 Å². The zero-order chi connectivity index (χ0) is 18.0. The standard InChI is InChI=1S/C19H25ClN4O/c1-14-6-4-5-7-17(14)13-22-8-10-23(11-9-22)19(25)16(3)24-15(2)18(20)12-21-24/h4-7,12,16H,8-11,13H2,1-3H3. The van der Waals surface area contributed by atoms with Gasteiger partial charge in [-0.25, -0.2) is 0 Å². The Morgan fingerprint density at radius 2 is 1.88 bits per heavy atom. The number of nitrogens with zero attached hydrogens (tertiary/aromatic N) is 4. The Kier molecular flexibility index (Phi) is 5.45. The number of rotatable bonds is 4. The number of aryl methyl sites for hydroxylation is 1. The van der Waals surface area contributed by atoms with Gasteiger partial charge in [0.05, 0.1) is 16.9 Å². The summed E-state index contributed by atoms with van der Waals surface area (Å²) in [4.78, 5) is 17.1. The molecule has 2 aromatic rings. The average Bonchev–Trinajstić information content (AvgIpc) is 2.95. The van der Waals surface area contributed by atoms with Gasteiger partial charge >= 0.3 is 0 Å². The quantitative estimate of drug-likeness (QED) is 0.841. The molecular formula is C19H25ClN4O. The van der Waals surface area contributed by atoms with E-state index in [9.17, 15) is 4.79 Å². The van der Waals surface area contributed by atoms with Gasteiger partial charge in [0.2, 0.25) is 5.91 Å². The molecule has 0 aliphatic carbocycles. The average molecular weight is 361 g/mol. The first-order valence-electron chi connectivity index (χ1n) is 8.72. The summed E-state index contributed by atoms with van der Waals surface area (Å²) in [5.41, 5.74) is 3.51. The molecule has 5 nitrogen and oxygen atoms in total. The maximum absolute atomic E-state index is 12.8. The van der Waals surface area contributed by atoms with Gasteiger partial charge in [-0.3, -0.25) is 14.4 Å². The van der Waals surface area contributed by atoms with E-state index in [4.69, 9.17) is 11.6 Å². The maximum atomic E-state index is 12.8. The second-order valence-corrected chi connectivity index (χ2v) is 7.13. The van der Waals surface area contributed by atoms with Crippen LogP contribution in [0.4, 0.5) is 0 Å². The largest absolute Gasteiger partial charge is 0.338 e. The first-order valence-corrected chi connectivity index (χ1v) is 9.10. The first kappa shape index (κ1) is 18.0. The molecule has 1 atom stereocenters. The van der Waals surface area contributed by atoms with Gasteiger partial charge < -0.3 is 4.90 Å². The summed E-state index contributed by atoms with van der Waals surface area (Å²) in [7, 11) is 0. The van der Waals surface area contributed by atoms with E-state index in [1.54, 1.807) is 10.9 Å². The Morgan fingerprint density at radius 1 is 1.20 bits per heavy atom. The van der Waals surface area contributed by atoms with E-state index in [-0.39, 0.29) is 11.9 Å². The fourth-order valence-electron chi connectivity index (χ4n) is 3.32. The molecule has 2 heterocycles. The molecule has 1 amide bonds. The van der Waals surface area contributed by atoms with Crippen molar-refractivity contribution in [2.24, 2.45) is 0 Å². The summed E-state index contributed by atoms with van der Waals surface area (Å²) in [6, 6.07) is 8.16. The molecule has 0 N–H and O–H groups in total. The van der Waals surface area contributed by atoms with E-state index >= 15 is 0 Å². The van der Waals surface area contributed by atoms with Gasteiger partial charge in [-0.15, -0.1) is 0 Å². The van der Waals surface area contributed by atoms with Crippen LogP contribution in [-0.2, 0) is 11.3 Å². The number of amides is 1. The van der Waals surface area contributed by atoms with Crippen LogP contribution in [0.3, 0.4) is 0 Å². The van der Waals surface area contributed by atoms with Crippen LogP contribution in [0.15, 0.2) is 30.5 Å². The van der Waals surface area contributed by atoms with Crippen molar-refractivity contribution in [3.8, 4) is 0 Å². The van der Waals surface area contributed by atoms with Gasteiger partial charge in [0.1, 0.15) is 6.04 Å². The topological polar surface area (TPSA) is 41.4 Å². The summed E-state index contributed by atoms with van der Waals surface area (Å²) >= 11 is 6.06. The van der Waals surface area contributed by atoms with Gasteiger partial charge in [-0.1, -0.05) is 35.9 Å². The van der Waals surface area contributed by atoms with Crippen molar-refractivity contribution < 1.29 is 4.79 Å². The Balaban J connectivity index is 1.57. The Bertz CT molecular complexity index is 750. The molecule has 1 saturated heterocycles. The second kappa shape index (κ2) is 7.58. The van der Waals surface area contributed by atoms with E-state index in [2.05, 4.69) is 41.2 Å². The van der Waals surface area contributed by atoms with E-state index in [0.29, 0.717) is 5.02 Å². The molecule has 1 fully saturated rings. The van der Waals surface area contributed by atoms with Crippen molar-refractivity contribution in [1.82, 2.24) is 19.6 Å². The molecule has 6 heteroatoms. The summed E-state index contributed by atoms with van der Waals surface area (Å²) in [5, 5.41) is 4.84. The van der Waals surface area contributed by atoms with Gasteiger partial charge in [0, 0.05) is 32.7 Å². The highest BCUT2D eigenvalue weighted by atomic mass is 35.5. The van der Waals surface area contributed by atoms with Crippen LogP contribution in [0.1, 0.15) is 29.8 Å². The summed E-state index contributed by atoms with van der Waals surface area (Å²) in [6.07, 6.45) is 1.60. The van der Waals surface area contributed by atoms with Crippen molar-refractivity contribution in [1.29, 1.82) is 0 Å². The van der Waals surface area contributed by atoms with Crippen LogP contribution in [0.25, 0.3) is 0 Å². The molecule has 1 aromatic carbocycles. The third kappa shape index (κ3) is 3.88. The second-order valence-electron chi connectivity index (χ2n) is 6.73. The Morgan fingerprint density at radius 3 is 2.48 bits per heavy atom. The molecule has 1 aromatic heterocycles. The zero-order valence-electron chi connectivity index (χ0n) is 15.1. The number of halogens is 1. The zero-order valence-corrected chi connectivity index (χ0v) is 15.8. The number of piperazine rings is 1. The van der Waals surface area contributed by atoms with Crippen LogP contribution in [0.2, 0.25) is 5.02 Å². The lowest BCUT2D eigenvalue weighted by Gasteiger charge is -2.36. The molecular weight excluding hydrogens is 336 g/mol. The Hall–Kier alpha value is -1.85. The highest BCUT2D eigenvalue weighted by Gasteiger charge is 2.27. The minimum atomic E-state index is -0.324. The molecule has 1 unspecified atom stereocenters. The highest BCUT2D eigenvalue weighted by Crippen LogP contribution is 2.20. The summed E-state index contributed by atoms with van der Waals surface area (Å²) in [5.74, 6) is 0.110. The number of aromatic nitrogens is 2. The lowest BCUT2D eigenvalue weighted by atomic mass is 10.1. The van der Waals surface area contributed by atoms with Gasteiger partial charge in [-0.05, 0) is 31.9 Å². The van der Waals surface area contributed by atoms with Crippen molar-refractivity contribution in [3.63, 3.8) is 0 Å². The number of benzene rings is 1. The van der Waals surface area contributed by atoms with Gasteiger partial charge in [0.15, 0.2) is 0 Å². The molecule has 1 aliphatic rings. The molecule has 0 spiro atoms. The third-order valence-electron chi connectivity index (χ3n) is 5.05. The third-order valence-corrected chi connectivity index (χ3v) is 5.42. The van der Waals surface area contributed by atoms with Gasteiger partial charge in [0.25, 0.3) is 0 Å². The van der Waals surface area contributed by atoms with Crippen LogP contribution in [0, 0.1) is 13.8 Å². The summed E-state index contributed by atoms with van der Waals surface area (Å²) < 4.78 is 1.71. The molecule has 3 rings (SSSR count). The van der Waals surface area contributed by atoms with Crippen LogP contribution in [-0.4, -0.2) is 51.7 Å². The SMILES string of the molecule is Cc1ccccc1CN1CCN(C(=O)C(C)n2ncc(Cl)c2C)CC1. The minimum Gasteiger partial charge on any atom is -0.338 e. The van der Waals surface area contributed by atoms with Crippen LogP contribution in [0.5, 0.6) is 0 Å². The predicted octanol–water partition coefficient (Wildman–Crippen LogP) is 3.06. The van der Waals surface area contributed by atoms with Crippen LogP contribution < -0.4 is 0 Å². The molecule has 0 radical (unpaired) electrons. The van der Waals surface area contributed by atoms with Gasteiger partial charge in [-0.2, -0.15) is 5.10 Å². The monoisotopic (exact) mass is 360 g/mol. The van der Waals surface area contributed by atoms with E-state index in [1.165, 1.54) is 11.1 Å². The maximum Gasteiger partial charge on any atom is 0.247 e. The van der Waals surface area contributed by atoms with Crippen LogP contribution >= 0.6 is 11.6 Å². The van der Waals surface area contributed by atoms with Crippen molar-refractivity contribution >= 4 is 17.5 Å². The fraction of sp³-hybridized carbons (Fsp3) is 0.474. The summed E-state index contributed by atoms with van der Waals surface area (Å²) in [6.45, 7) is 10.2. The van der Waals surface area contributed by atoms with Crippen molar-refractivity contribution in [3.05, 3.63) is 52.3 Å². The molecule has 134 valence electrons. The smallest absolute Gasteiger partial charge is 0.247 e. The predicted molar refractivity (Wildman–Crippen MR) is 99.7 cm³/mol. The van der Waals surface area contributed by atoms with E-state index < -0.39 is 0 Å². The van der Waals surface area contributed by atoms with E-state index in [0.717, 1.165) is 38.4 Å². The lowest BCUT2D eigenvalue weighted by Crippen LogP contribution is -2.50. The number of hydrogen-bond donors (Lipinski definition) is 0. The number of carbonyl (C=O) groups is 1. The first-order chi connectivity index (χ1) is 12.0.